The van der Waals surface area contributed by atoms with Gasteiger partial charge in [0.2, 0.25) is 0 Å². The molecule has 138 valence electrons. The molecule has 0 fully saturated rings. The SMILES string of the molecule is COc1ccc(CCNC(=O)COC(=O)Cc2c(F)cccc2Cl)cc1. The van der Waals surface area contributed by atoms with E-state index < -0.39 is 24.3 Å². The van der Waals surface area contributed by atoms with Crippen molar-refractivity contribution in [3.63, 3.8) is 0 Å². The Morgan fingerprint density at radius 2 is 1.88 bits per heavy atom. The van der Waals surface area contributed by atoms with Crippen LogP contribution in [-0.4, -0.2) is 32.1 Å². The van der Waals surface area contributed by atoms with E-state index in [2.05, 4.69) is 5.32 Å². The van der Waals surface area contributed by atoms with Crippen molar-refractivity contribution in [2.75, 3.05) is 20.3 Å². The Morgan fingerprint density at radius 3 is 2.54 bits per heavy atom. The van der Waals surface area contributed by atoms with Gasteiger partial charge in [-0.15, -0.1) is 0 Å². The van der Waals surface area contributed by atoms with Gasteiger partial charge in [0.05, 0.1) is 13.5 Å². The zero-order chi connectivity index (χ0) is 18.9. The lowest BCUT2D eigenvalue weighted by Crippen LogP contribution is -2.30. The Bertz CT molecular complexity index is 744. The summed E-state index contributed by atoms with van der Waals surface area (Å²) in [6.07, 6.45) is 0.305. The molecule has 0 spiro atoms. The molecule has 0 saturated heterocycles. The number of methoxy groups -OCH3 is 1. The van der Waals surface area contributed by atoms with Gasteiger partial charge in [0.1, 0.15) is 11.6 Å². The Kier molecular flexibility index (Phi) is 7.41. The van der Waals surface area contributed by atoms with E-state index in [-0.39, 0.29) is 17.0 Å². The van der Waals surface area contributed by atoms with Gasteiger partial charge in [0, 0.05) is 17.1 Å². The third-order valence-corrected chi connectivity index (χ3v) is 4.00. The van der Waals surface area contributed by atoms with Crippen LogP contribution in [0.2, 0.25) is 5.02 Å². The summed E-state index contributed by atoms with van der Waals surface area (Å²) >= 11 is 5.85. The van der Waals surface area contributed by atoms with E-state index >= 15 is 0 Å². The summed E-state index contributed by atoms with van der Waals surface area (Å²) in [6.45, 7) is -0.0185. The molecule has 1 N–H and O–H groups in total. The van der Waals surface area contributed by atoms with E-state index in [4.69, 9.17) is 21.1 Å². The molecule has 1 amide bonds. The molecule has 0 atom stereocenters. The van der Waals surface area contributed by atoms with Crippen molar-refractivity contribution >= 4 is 23.5 Å². The number of nitrogens with one attached hydrogen (secondary N) is 1. The van der Waals surface area contributed by atoms with Crippen molar-refractivity contribution in [2.24, 2.45) is 0 Å². The summed E-state index contributed by atoms with van der Waals surface area (Å²) in [5.74, 6) is -0.966. The number of hydrogen-bond acceptors (Lipinski definition) is 4. The number of halogens is 2. The number of amides is 1. The van der Waals surface area contributed by atoms with Gasteiger partial charge in [-0.3, -0.25) is 9.59 Å². The first-order valence-electron chi connectivity index (χ1n) is 7.97. The maximum Gasteiger partial charge on any atom is 0.310 e. The number of esters is 1. The topological polar surface area (TPSA) is 64.6 Å². The Balaban J connectivity index is 1.70. The lowest BCUT2D eigenvalue weighted by atomic mass is 10.1. The van der Waals surface area contributed by atoms with Crippen LogP contribution in [0.15, 0.2) is 42.5 Å². The summed E-state index contributed by atoms with van der Waals surface area (Å²) in [5, 5.41) is 2.80. The van der Waals surface area contributed by atoms with Crippen molar-refractivity contribution in [3.8, 4) is 5.75 Å². The Labute approximate surface area is 156 Å². The number of carbonyl (C=O) groups is 2. The van der Waals surface area contributed by atoms with Crippen LogP contribution in [-0.2, 0) is 27.2 Å². The Hall–Kier alpha value is -2.60. The van der Waals surface area contributed by atoms with Crippen LogP contribution >= 0.6 is 11.6 Å². The molecule has 26 heavy (non-hydrogen) atoms. The lowest BCUT2D eigenvalue weighted by Gasteiger charge is -2.08. The van der Waals surface area contributed by atoms with E-state index in [9.17, 15) is 14.0 Å². The highest BCUT2D eigenvalue weighted by atomic mass is 35.5. The van der Waals surface area contributed by atoms with Gasteiger partial charge in [-0.1, -0.05) is 29.8 Å². The first-order chi connectivity index (χ1) is 12.5. The molecule has 0 saturated carbocycles. The fourth-order valence-corrected chi connectivity index (χ4v) is 2.46. The van der Waals surface area contributed by atoms with Gasteiger partial charge in [-0.2, -0.15) is 0 Å². The van der Waals surface area contributed by atoms with Crippen molar-refractivity contribution in [2.45, 2.75) is 12.8 Å². The number of ether oxygens (including phenoxy) is 2. The first kappa shape index (κ1) is 19.7. The predicted octanol–water partition coefficient (Wildman–Crippen LogP) is 2.93. The maximum atomic E-state index is 13.6. The predicted molar refractivity (Wildman–Crippen MR) is 95.8 cm³/mol. The minimum absolute atomic E-state index is 0.0547. The second-order valence-corrected chi connectivity index (χ2v) is 5.89. The zero-order valence-electron chi connectivity index (χ0n) is 14.3. The fourth-order valence-electron chi connectivity index (χ4n) is 2.23. The molecular weight excluding hydrogens is 361 g/mol. The first-order valence-corrected chi connectivity index (χ1v) is 8.35. The van der Waals surface area contributed by atoms with Crippen LogP contribution in [0, 0.1) is 5.82 Å². The third-order valence-electron chi connectivity index (χ3n) is 3.64. The molecule has 0 unspecified atom stereocenters. The van der Waals surface area contributed by atoms with Gasteiger partial charge in [-0.05, 0) is 36.2 Å². The second kappa shape index (κ2) is 9.77. The molecule has 0 aromatic heterocycles. The quantitative estimate of drug-likeness (QED) is 0.716. The second-order valence-electron chi connectivity index (χ2n) is 5.49. The largest absolute Gasteiger partial charge is 0.497 e. The number of rotatable bonds is 8. The highest BCUT2D eigenvalue weighted by Gasteiger charge is 2.14. The molecule has 2 aromatic carbocycles. The van der Waals surface area contributed by atoms with Gasteiger partial charge in [0.15, 0.2) is 6.61 Å². The molecule has 2 aromatic rings. The van der Waals surface area contributed by atoms with Crippen LogP contribution < -0.4 is 10.1 Å². The summed E-state index contributed by atoms with van der Waals surface area (Å²) in [7, 11) is 1.59. The minimum atomic E-state index is -0.720. The normalized spacial score (nSPS) is 10.3. The Morgan fingerprint density at radius 1 is 1.15 bits per heavy atom. The maximum absolute atomic E-state index is 13.6. The highest BCUT2D eigenvalue weighted by molar-refractivity contribution is 6.31. The molecule has 0 heterocycles. The molecule has 7 heteroatoms. The minimum Gasteiger partial charge on any atom is -0.497 e. The third kappa shape index (κ3) is 6.04. The molecule has 0 bridgehead atoms. The van der Waals surface area contributed by atoms with Crippen LogP contribution in [0.25, 0.3) is 0 Å². The van der Waals surface area contributed by atoms with E-state index in [0.717, 1.165) is 11.3 Å². The fraction of sp³-hybridized carbons (Fsp3) is 0.263. The van der Waals surface area contributed by atoms with Crippen molar-refractivity contribution in [1.29, 1.82) is 0 Å². The smallest absolute Gasteiger partial charge is 0.310 e. The van der Waals surface area contributed by atoms with Crippen molar-refractivity contribution in [3.05, 3.63) is 64.4 Å². The molecule has 5 nitrogen and oxygen atoms in total. The molecule has 0 aliphatic heterocycles. The lowest BCUT2D eigenvalue weighted by molar-refractivity contribution is -0.147. The van der Waals surface area contributed by atoms with E-state index in [1.165, 1.54) is 18.2 Å². The molecule has 0 radical (unpaired) electrons. The average Bonchev–Trinajstić information content (AvgIpc) is 2.64. The number of benzene rings is 2. The average molecular weight is 380 g/mol. The van der Waals surface area contributed by atoms with Crippen LogP contribution in [0.1, 0.15) is 11.1 Å². The van der Waals surface area contributed by atoms with Gasteiger partial charge < -0.3 is 14.8 Å². The van der Waals surface area contributed by atoms with E-state index in [1.807, 2.05) is 24.3 Å². The van der Waals surface area contributed by atoms with Gasteiger partial charge >= 0.3 is 5.97 Å². The zero-order valence-corrected chi connectivity index (χ0v) is 15.0. The van der Waals surface area contributed by atoms with Gasteiger partial charge in [-0.25, -0.2) is 4.39 Å². The monoisotopic (exact) mass is 379 g/mol. The molecule has 2 rings (SSSR count). The number of carbonyl (C=O) groups excluding carboxylic acids is 2. The van der Waals surface area contributed by atoms with Gasteiger partial charge in [0.25, 0.3) is 5.91 Å². The van der Waals surface area contributed by atoms with Crippen molar-refractivity contribution in [1.82, 2.24) is 5.32 Å². The summed E-state index contributed by atoms with van der Waals surface area (Å²) in [6, 6.07) is 11.6. The number of hydrogen-bond donors (Lipinski definition) is 1. The summed E-state index contributed by atoms with van der Waals surface area (Å²) < 4.78 is 23.5. The van der Waals surface area contributed by atoms with Crippen molar-refractivity contribution < 1.29 is 23.5 Å². The van der Waals surface area contributed by atoms with Crippen LogP contribution in [0.5, 0.6) is 5.75 Å². The van der Waals surface area contributed by atoms with Crippen LogP contribution in [0.4, 0.5) is 4.39 Å². The van der Waals surface area contributed by atoms with Crippen LogP contribution in [0.3, 0.4) is 0 Å². The van der Waals surface area contributed by atoms with E-state index in [0.29, 0.717) is 13.0 Å². The molecule has 0 aliphatic rings. The highest BCUT2D eigenvalue weighted by Crippen LogP contribution is 2.19. The summed E-state index contributed by atoms with van der Waals surface area (Å²) in [5.41, 5.74) is 1.09. The molecular formula is C19H19ClFNO4. The molecule has 0 aliphatic carbocycles. The standard InChI is InChI=1S/C19H19ClFNO4/c1-25-14-7-5-13(6-8-14)9-10-22-18(23)12-26-19(24)11-15-16(20)3-2-4-17(15)21/h2-8H,9-12H2,1H3,(H,22,23). The summed E-state index contributed by atoms with van der Waals surface area (Å²) in [4.78, 5) is 23.5. The van der Waals surface area contributed by atoms with E-state index in [1.54, 1.807) is 7.11 Å².